The van der Waals surface area contributed by atoms with E-state index in [0.717, 1.165) is 35.8 Å². The van der Waals surface area contributed by atoms with Gasteiger partial charge in [0, 0.05) is 10.5 Å². The molecule has 1 rings (SSSR count). The lowest BCUT2D eigenvalue weighted by atomic mass is 9.83. The van der Waals surface area contributed by atoms with Gasteiger partial charge in [0.05, 0.1) is 0 Å². The average molecular weight is 330 g/mol. The molecule has 0 bridgehead atoms. The Kier molecular flexibility index (Phi) is 6.48. The number of rotatable bonds is 6. The predicted molar refractivity (Wildman–Crippen MR) is 84.0 cm³/mol. The molecule has 0 spiro atoms. The standard InChI is InChI=1S/C16H25BrFN/c1-5-10-19-15(16(2,3)4)9-7-12-6-8-13(17)11-14(12)18/h6,8,11,15,19H,5,7,9-10H2,1-4H3. The average Bonchev–Trinajstić information content (AvgIpc) is 2.29. The van der Waals surface area contributed by atoms with E-state index in [1.165, 1.54) is 0 Å². The Morgan fingerprint density at radius 3 is 2.53 bits per heavy atom. The van der Waals surface area contributed by atoms with Gasteiger partial charge in [-0.1, -0.05) is 49.7 Å². The molecule has 0 aromatic heterocycles. The molecule has 1 aromatic carbocycles. The monoisotopic (exact) mass is 329 g/mol. The van der Waals surface area contributed by atoms with Crippen molar-refractivity contribution in [1.82, 2.24) is 5.32 Å². The third kappa shape index (κ3) is 5.62. The van der Waals surface area contributed by atoms with Crippen LogP contribution in [-0.4, -0.2) is 12.6 Å². The van der Waals surface area contributed by atoms with Gasteiger partial charge in [-0.25, -0.2) is 4.39 Å². The summed E-state index contributed by atoms with van der Waals surface area (Å²) in [6, 6.07) is 5.74. The van der Waals surface area contributed by atoms with Gasteiger partial charge in [-0.3, -0.25) is 0 Å². The van der Waals surface area contributed by atoms with Crippen LogP contribution in [-0.2, 0) is 6.42 Å². The summed E-state index contributed by atoms with van der Waals surface area (Å²) in [4.78, 5) is 0. The summed E-state index contributed by atoms with van der Waals surface area (Å²) in [5.74, 6) is -0.113. The molecule has 0 fully saturated rings. The molecular weight excluding hydrogens is 305 g/mol. The zero-order chi connectivity index (χ0) is 14.5. The van der Waals surface area contributed by atoms with Crippen LogP contribution in [0.4, 0.5) is 4.39 Å². The van der Waals surface area contributed by atoms with Crippen molar-refractivity contribution < 1.29 is 4.39 Å². The number of aryl methyl sites for hydroxylation is 1. The van der Waals surface area contributed by atoms with E-state index in [0.29, 0.717) is 6.04 Å². The van der Waals surface area contributed by atoms with Crippen LogP contribution in [0.1, 0.15) is 46.1 Å². The molecule has 1 unspecified atom stereocenters. The van der Waals surface area contributed by atoms with Crippen LogP contribution in [0, 0.1) is 11.2 Å². The Balaban J connectivity index is 2.65. The van der Waals surface area contributed by atoms with Gasteiger partial charge in [-0.05, 0) is 48.9 Å². The molecule has 1 atom stereocenters. The zero-order valence-electron chi connectivity index (χ0n) is 12.4. The smallest absolute Gasteiger partial charge is 0.127 e. The van der Waals surface area contributed by atoms with E-state index in [-0.39, 0.29) is 11.2 Å². The van der Waals surface area contributed by atoms with Crippen molar-refractivity contribution in [2.24, 2.45) is 5.41 Å². The van der Waals surface area contributed by atoms with Crippen molar-refractivity contribution in [2.75, 3.05) is 6.54 Å². The van der Waals surface area contributed by atoms with Crippen molar-refractivity contribution in [2.45, 2.75) is 53.0 Å². The normalized spacial score (nSPS) is 13.6. The first-order valence-electron chi connectivity index (χ1n) is 7.02. The largest absolute Gasteiger partial charge is 0.313 e. The first kappa shape index (κ1) is 16.6. The quantitative estimate of drug-likeness (QED) is 0.779. The van der Waals surface area contributed by atoms with Gasteiger partial charge in [0.15, 0.2) is 0 Å². The Morgan fingerprint density at radius 2 is 2.00 bits per heavy atom. The van der Waals surface area contributed by atoms with Crippen molar-refractivity contribution >= 4 is 15.9 Å². The molecule has 1 nitrogen and oxygen atoms in total. The van der Waals surface area contributed by atoms with E-state index in [1.54, 1.807) is 6.07 Å². The maximum atomic E-state index is 13.8. The summed E-state index contributed by atoms with van der Waals surface area (Å²) >= 11 is 3.29. The van der Waals surface area contributed by atoms with E-state index in [9.17, 15) is 4.39 Å². The first-order chi connectivity index (χ1) is 8.84. The van der Waals surface area contributed by atoms with E-state index in [2.05, 4.69) is 48.9 Å². The molecule has 1 aromatic rings. The molecule has 108 valence electrons. The molecule has 0 aliphatic heterocycles. The molecule has 19 heavy (non-hydrogen) atoms. The van der Waals surface area contributed by atoms with Crippen LogP contribution in [0.2, 0.25) is 0 Å². The summed E-state index contributed by atoms with van der Waals surface area (Å²) in [5.41, 5.74) is 0.997. The van der Waals surface area contributed by atoms with Crippen molar-refractivity contribution in [3.8, 4) is 0 Å². The Bertz CT molecular complexity index is 398. The minimum atomic E-state index is -0.113. The highest BCUT2D eigenvalue weighted by molar-refractivity contribution is 9.10. The Labute approximate surface area is 125 Å². The van der Waals surface area contributed by atoms with Crippen molar-refractivity contribution in [1.29, 1.82) is 0 Å². The molecular formula is C16H25BrFN. The third-order valence-corrected chi connectivity index (χ3v) is 3.90. The molecule has 1 N–H and O–H groups in total. The second-order valence-corrected chi connectivity index (χ2v) is 7.06. The van der Waals surface area contributed by atoms with Crippen LogP contribution in [0.25, 0.3) is 0 Å². The van der Waals surface area contributed by atoms with Gasteiger partial charge in [0.25, 0.3) is 0 Å². The molecule has 3 heteroatoms. The summed E-state index contributed by atoms with van der Waals surface area (Å²) in [5, 5.41) is 3.58. The fourth-order valence-electron chi connectivity index (χ4n) is 2.18. The molecule has 0 saturated heterocycles. The van der Waals surface area contributed by atoms with Crippen LogP contribution in [0.15, 0.2) is 22.7 Å². The van der Waals surface area contributed by atoms with Gasteiger partial charge in [0.2, 0.25) is 0 Å². The summed E-state index contributed by atoms with van der Waals surface area (Å²) in [6.45, 7) is 9.89. The van der Waals surface area contributed by atoms with Crippen LogP contribution in [0.5, 0.6) is 0 Å². The second-order valence-electron chi connectivity index (χ2n) is 6.15. The molecule has 0 saturated carbocycles. The highest BCUT2D eigenvalue weighted by Gasteiger charge is 2.23. The highest BCUT2D eigenvalue weighted by Crippen LogP contribution is 2.24. The maximum Gasteiger partial charge on any atom is 0.127 e. The molecule has 0 heterocycles. The fraction of sp³-hybridized carbons (Fsp3) is 0.625. The van der Waals surface area contributed by atoms with Gasteiger partial charge >= 0.3 is 0 Å². The highest BCUT2D eigenvalue weighted by atomic mass is 79.9. The fourth-order valence-corrected chi connectivity index (χ4v) is 2.52. The second kappa shape index (κ2) is 7.39. The van der Waals surface area contributed by atoms with E-state index >= 15 is 0 Å². The lowest BCUT2D eigenvalue weighted by Crippen LogP contribution is -2.41. The Hall–Kier alpha value is -0.410. The predicted octanol–water partition coefficient (Wildman–Crippen LogP) is 4.94. The minimum absolute atomic E-state index is 0.113. The lowest BCUT2D eigenvalue weighted by Gasteiger charge is -2.32. The van der Waals surface area contributed by atoms with Gasteiger partial charge < -0.3 is 5.32 Å². The van der Waals surface area contributed by atoms with Gasteiger partial charge in [-0.15, -0.1) is 0 Å². The lowest BCUT2D eigenvalue weighted by molar-refractivity contribution is 0.255. The van der Waals surface area contributed by atoms with E-state index in [1.807, 2.05) is 12.1 Å². The molecule has 0 radical (unpaired) electrons. The van der Waals surface area contributed by atoms with Crippen LogP contribution < -0.4 is 5.32 Å². The van der Waals surface area contributed by atoms with Gasteiger partial charge in [-0.2, -0.15) is 0 Å². The molecule has 0 amide bonds. The zero-order valence-corrected chi connectivity index (χ0v) is 14.0. The Morgan fingerprint density at radius 1 is 1.32 bits per heavy atom. The first-order valence-corrected chi connectivity index (χ1v) is 7.81. The summed E-state index contributed by atoms with van der Waals surface area (Å²) in [6.07, 6.45) is 2.86. The van der Waals surface area contributed by atoms with Crippen molar-refractivity contribution in [3.63, 3.8) is 0 Å². The SMILES string of the molecule is CCCNC(CCc1ccc(Br)cc1F)C(C)(C)C. The minimum Gasteiger partial charge on any atom is -0.313 e. The number of halogens is 2. The third-order valence-electron chi connectivity index (χ3n) is 3.40. The number of hydrogen-bond acceptors (Lipinski definition) is 1. The van der Waals surface area contributed by atoms with Crippen molar-refractivity contribution in [3.05, 3.63) is 34.1 Å². The number of nitrogens with one attached hydrogen (secondary N) is 1. The van der Waals surface area contributed by atoms with Crippen LogP contribution >= 0.6 is 15.9 Å². The number of hydrogen-bond donors (Lipinski definition) is 1. The van der Waals surface area contributed by atoms with Crippen LogP contribution in [0.3, 0.4) is 0 Å². The topological polar surface area (TPSA) is 12.0 Å². The van der Waals surface area contributed by atoms with E-state index < -0.39 is 0 Å². The van der Waals surface area contributed by atoms with Gasteiger partial charge in [0.1, 0.15) is 5.82 Å². The summed E-state index contributed by atoms with van der Waals surface area (Å²) < 4.78 is 14.6. The number of benzene rings is 1. The molecule has 0 aliphatic carbocycles. The maximum absolute atomic E-state index is 13.8. The van der Waals surface area contributed by atoms with E-state index in [4.69, 9.17) is 0 Å². The molecule has 0 aliphatic rings. The summed E-state index contributed by atoms with van der Waals surface area (Å²) in [7, 11) is 0.